The quantitative estimate of drug-likeness (QED) is 0.345. The number of aromatic nitrogens is 3. The Hall–Kier alpha value is -4.31. The minimum absolute atomic E-state index is 0.204. The average Bonchev–Trinajstić information content (AvgIpc) is 3.53. The first-order valence-electron chi connectivity index (χ1n) is 11.6. The van der Waals surface area contributed by atoms with Gasteiger partial charge in [-0.3, -0.25) is 4.79 Å². The van der Waals surface area contributed by atoms with Gasteiger partial charge in [0, 0.05) is 21.8 Å². The van der Waals surface area contributed by atoms with E-state index in [-0.39, 0.29) is 5.91 Å². The number of benzene rings is 2. The molecule has 4 aromatic rings. The van der Waals surface area contributed by atoms with Gasteiger partial charge in [0.15, 0.2) is 17.3 Å². The molecule has 0 aliphatic carbocycles. The SMILES string of the molecule is COc1cc(-c2nc3n(n2)C(c2sccc2C)C(C(=O)Nc2ccccc2)=C(C)N3)cc(OC)c1OC. The lowest BCUT2D eigenvalue weighted by Crippen LogP contribution is -2.31. The fourth-order valence-corrected chi connectivity index (χ4v) is 5.42. The highest BCUT2D eigenvalue weighted by Crippen LogP contribution is 2.43. The maximum atomic E-state index is 13.6. The number of amides is 1. The summed E-state index contributed by atoms with van der Waals surface area (Å²) in [6.45, 7) is 3.92. The second kappa shape index (κ2) is 9.98. The van der Waals surface area contributed by atoms with Crippen molar-refractivity contribution in [2.75, 3.05) is 32.0 Å². The van der Waals surface area contributed by atoms with Gasteiger partial charge in [0.05, 0.1) is 26.9 Å². The molecule has 0 saturated heterocycles. The van der Waals surface area contributed by atoms with Crippen LogP contribution in [0, 0.1) is 6.92 Å². The summed E-state index contributed by atoms with van der Waals surface area (Å²) >= 11 is 1.58. The monoisotopic (exact) mass is 517 g/mol. The van der Waals surface area contributed by atoms with E-state index < -0.39 is 6.04 Å². The highest BCUT2D eigenvalue weighted by Gasteiger charge is 2.36. The predicted octanol–water partition coefficient (Wildman–Crippen LogP) is 5.27. The zero-order chi connectivity index (χ0) is 26.1. The van der Waals surface area contributed by atoms with Crippen LogP contribution in [0.2, 0.25) is 0 Å². The molecule has 10 heteroatoms. The van der Waals surface area contributed by atoms with E-state index in [2.05, 4.69) is 10.6 Å². The Morgan fingerprint density at radius 1 is 1.03 bits per heavy atom. The van der Waals surface area contributed by atoms with Gasteiger partial charge in [0.2, 0.25) is 11.7 Å². The van der Waals surface area contributed by atoms with Crippen LogP contribution in [0.15, 0.2) is 65.2 Å². The van der Waals surface area contributed by atoms with Crippen LogP contribution in [-0.2, 0) is 4.79 Å². The molecule has 2 aromatic carbocycles. The molecule has 37 heavy (non-hydrogen) atoms. The number of allylic oxidation sites excluding steroid dienone is 1. The summed E-state index contributed by atoms with van der Waals surface area (Å²) < 4.78 is 18.3. The molecule has 0 spiro atoms. The number of carbonyl (C=O) groups excluding carboxylic acids is 1. The van der Waals surface area contributed by atoms with Gasteiger partial charge in [-0.15, -0.1) is 16.4 Å². The standard InChI is InChI=1S/C27H27N5O4S/c1-15-11-12-37-24(15)22-21(26(33)29-18-9-7-6-8-10-18)16(2)28-27-30-25(31-32(22)27)17-13-19(34-3)23(36-5)20(14-17)35-4/h6-14,22H,1-5H3,(H,29,33)(H,28,30,31). The molecule has 1 unspecified atom stereocenters. The van der Waals surface area contributed by atoms with Crippen LogP contribution < -0.4 is 24.8 Å². The molecular weight excluding hydrogens is 490 g/mol. The van der Waals surface area contributed by atoms with E-state index in [1.54, 1.807) is 49.5 Å². The fraction of sp³-hybridized carbons (Fsp3) is 0.222. The smallest absolute Gasteiger partial charge is 0.255 e. The lowest BCUT2D eigenvalue weighted by Gasteiger charge is -2.28. The molecule has 0 saturated carbocycles. The van der Waals surface area contributed by atoms with E-state index in [4.69, 9.17) is 24.3 Å². The predicted molar refractivity (Wildman–Crippen MR) is 144 cm³/mol. The van der Waals surface area contributed by atoms with Crippen LogP contribution >= 0.6 is 11.3 Å². The van der Waals surface area contributed by atoms with Crippen LogP contribution in [0.5, 0.6) is 17.2 Å². The van der Waals surface area contributed by atoms with Crippen molar-refractivity contribution in [3.63, 3.8) is 0 Å². The lowest BCUT2D eigenvalue weighted by atomic mass is 9.99. The number of anilines is 2. The number of hydrogen-bond acceptors (Lipinski definition) is 8. The number of para-hydroxylation sites is 1. The van der Waals surface area contributed by atoms with E-state index in [1.165, 1.54) is 0 Å². The van der Waals surface area contributed by atoms with E-state index in [0.717, 1.165) is 16.1 Å². The molecule has 1 amide bonds. The molecule has 190 valence electrons. The third kappa shape index (κ3) is 4.40. The van der Waals surface area contributed by atoms with E-state index in [0.29, 0.717) is 45.9 Å². The van der Waals surface area contributed by atoms with Crippen molar-refractivity contribution in [3.8, 4) is 28.6 Å². The molecule has 0 radical (unpaired) electrons. The summed E-state index contributed by atoms with van der Waals surface area (Å²) in [6.07, 6.45) is 0. The minimum atomic E-state index is -0.455. The number of hydrogen-bond donors (Lipinski definition) is 2. The summed E-state index contributed by atoms with van der Waals surface area (Å²) in [4.78, 5) is 19.4. The van der Waals surface area contributed by atoms with Crippen molar-refractivity contribution >= 4 is 28.9 Å². The van der Waals surface area contributed by atoms with Gasteiger partial charge in [-0.2, -0.15) is 4.98 Å². The molecule has 3 heterocycles. The first-order valence-corrected chi connectivity index (χ1v) is 12.5. The Labute approximate surface area is 218 Å². The van der Waals surface area contributed by atoms with Crippen molar-refractivity contribution in [1.82, 2.24) is 14.8 Å². The van der Waals surface area contributed by atoms with Gasteiger partial charge in [0.1, 0.15) is 6.04 Å². The molecule has 1 aliphatic heterocycles. The van der Waals surface area contributed by atoms with Crippen molar-refractivity contribution < 1.29 is 19.0 Å². The molecular formula is C27H27N5O4S. The Balaban J connectivity index is 1.61. The van der Waals surface area contributed by atoms with Gasteiger partial charge >= 0.3 is 0 Å². The second-order valence-corrected chi connectivity index (χ2v) is 9.42. The van der Waals surface area contributed by atoms with Gasteiger partial charge in [0.25, 0.3) is 5.91 Å². The molecule has 9 nitrogen and oxygen atoms in total. The van der Waals surface area contributed by atoms with Crippen molar-refractivity contribution in [2.24, 2.45) is 0 Å². The summed E-state index contributed by atoms with van der Waals surface area (Å²) in [7, 11) is 4.69. The van der Waals surface area contributed by atoms with Crippen molar-refractivity contribution in [1.29, 1.82) is 0 Å². The zero-order valence-electron chi connectivity index (χ0n) is 21.2. The maximum Gasteiger partial charge on any atom is 0.255 e. The van der Waals surface area contributed by atoms with Gasteiger partial charge < -0.3 is 24.8 Å². The third-order valence-corrected chi connectivity index (χ3v) is 7.27. The van der Waals surface area contributed by atoms with E-state index >= 15 is 0 Å². The summed E-state index contributed by atoms with van der Waals surface area (Å²) in [5.41, 5.74) is 3.76. The number of nitrogens with one attached hydrogen (secondary N) is 2. The number of ether oxygens (including phenoxy) is 3. The molecule has 2 N–H and O–H groups in total. The van der Waals surface area contributed by atoms with Crippen LogP contribution in [-0.4, -0.2) is 42.0 Å². The highest BCUT2D eigenvalue weighted by atomic mass is 32.1. The topological polar surface area (TPSA) is 99.5 Å². The number of methoxy groups -OCH3 is 3. The highest BCUT2D eigenvalue weighted by molar-refractivity contribution is 7.10. The third-order valence-electron chi connectivity index (χ3n) is 6.20. The van der Waals surface area contributed by atoms with Gasteiger partial charge in [-0.05, 0) is 55.1 Å². The van der Waals surface area contributed by atoms with Crippen LogP contribution in [0.3, 0.4) is 0 Å². The van der Waals surface area contributed by atoms with Crippen LogP contribution in [0.4, 0.5) is 11.6 Å². The summed E-state index contributed by atoms with van der Waals surface area (Å²) in [5.74, 6) is 2.28. The number of rotatable bonds is 7. The zero-order valence-corrected chi connectivity index (χ0v) is 22.0. The maximum absolute atomic E-state index is 13.6. The Morgan fingerprint density at radius 3 is 2.32 bits per heavy atom. The molecule has 0 bridgehead atoms. The average molecular weight is 518 g/mol. The minimum Gasteiger partial charge on any atom is -0.493 e. The second-order valence-electron chi connectivity index (χ2n) is 8.47. The van der Waals surface area contributed by atoms with E-state index in [1.807, 2.05) is 55.6 Å². The van der Waals surface area contributed by atoms with Gasteiger partial charge in [-0.25, -0.2) is 4.68 Å². The van der Waals surface area contributed by atoms with Crippen LogP contribution in [0.1, 0.15) is 23.4 Å². The first-order chi connectivity index (χ1) is 17.9. The number of nitrogens with zero attached hydrogens (tertiary/aromatic N) is 3. The van der Waals surface area contributed by atoms with Gasteiger partial charge in [-0.1, -0.05) is 18.2 Å². The van der Waals surface area contributed by atoms with Crippen molar-refractivity contribution in [3.05, 3.63) is 75.6 Å². The molecule has 0 fully saturated rings. The Morgan fingerprint density at radius 2 is 1.73 bits per heavy atom. The Kier molecular flexibility index (Phi) is 6.58. The molecule has 2 aromatic heterocycles. The van der Waals surface area contributed by atoms with E-state index in [9.17, 15) is 4.79 Å². The number of carbonyl (C=O) groups is 1. The normalized spacial score (nSPS) is 14.6. The lowest BCUT2D eigenvalue weighted by molar-refractivity contribution is -0.113. The summed E-state index contributed by atoms with van der Waals surface area (Å²) in [6, 6.07) is 14.6. The molecule has 5 rings (SSSR count). The largest absolute Gasteiger partial charge is 0.493 e. The number of fused-ring (bicyclic) bond motifs is 1. The summed E-state index contributed by atoms with van der Waals surface area (Å²) in [5, 5.41) is 13.2. The first kappa shape index (κ1) is 24.4. The van der Waals surface area contributed by atoms with Crippen LogP contribution in [0.25, 0.3) is 11.4 Å². The molecule has 1 aliphatic rings. The number of thiophene rings is 1. The Bertz CT molecular complexity index is 1470. The number of aryl methyl sites for hydroxylation is 1. The fourth-order valence-electron chi connectivity index (χ4n) is 4.40. The van der Waals surface area contributed by atoms with Crippen molar-refractivity contribution in [2.45, 2.75) is 19.9 Å². The molecule has 1 atom stereocenters.